The third kappa shape index (κ3) is 6.39. The summed E-state index contributed by atoms with van der Waals surface area (Å²) in [6.07, 6.45) is 0. The molecule has 0 spiro atoms. The lowest BCUT2D eigenvalue weighted by Crippen LogP contribution is -2.53. The fourth-order valence-electron chi connectivity index (χ4n) is 3.06. The van der Waals surface area contributed by atoms with Crippen molar-refractivity contribution in [1.82, 2.24) is 10.6 Å². The summed E-state index contributed by atoms with van der Waals surface area (Å²) in [6, 6.07) is 13.7. The highest BCUT2D eigenvalue weighted by atomic mass is 16.5. The van der Waals surface area contributed by atoms with Gasteiger partial charge in [0.15, 0.2) is 6.04 Å². The van der Waals surface area contributed by atoms with E-state index in [1.807, 2.05) is 0 Å². The number of carbonyl (C=O) groups excluding carboxylic acids is 4. The molecule has 9 nitrogen and oxygen atoms in total. The fourth-order valence-corrected chi connectivity index (χ4v) is 3.06. The van der Waals surface area contributed by atoms with Gasteiger partial charge >= 0.3 is 11.9 Å². The van der Waals surface area contributed by atoms with Crippen molar-refractivity contribution in [2.75, 3.05) is 20.3 Å². The van der Waals surface area contributed by atoms with Crippen LogP contribution < -0.4 is 10.6 Å². The molecule has 0 unspecified atom stereocenters. The highest BCUT2D eigenvalue weighted by Gasteiger charge is 2.39. The van der Waals surface area contributed by atoms with Gasteiger partial charge in [0.2, 0.25) is 5.91 Å². The van der Waals surface area contributed by atoms with Crippen LogP contribution in [0.1, 0.15) is 28.8 Å². The summed E-state index contributed by atoms with van der Waals surface area (Å²) in [5.41, 5.74) is 0.690. The lowest BCUT2D eigenvalue weighted by molar-refractivity contribution is -0.149. The summed E-state index contributed by atoms with van der Waals surface area (Å²) in [4.78, 5) is 50.7. The van der Waals surface area contributed by atoms with Crippen LogP contribution in [0, 0.1) is 0 Å². The van der Waals surface area contributed by atoms with E-state index in [0.29, 0.717) is 5.56 Å². The number of amides is 2. The Morgan fingerprint density at radius 1 is 0.906 bits per heavy atom. The van der Waals surface area contributed by atoms with Gasteiger partial charge in [-0.3, -0.25) is 9.59 Å². The number of hydrogen-bond donors (Lipinski definition) is 3. The predicted molar refractivity (Wildman–Crippen MR) is 115 cm³/mol. The van der Waals surface area contributed by atoms with E-state index in [9.17, 15) is 24.3 Å². The molecule has 0 aliphatic rings. The number of rotatable bonds is 10. The van der Waals surface area contributed by atoms with E-state index in [1.54, 1.807) is 67.6 Å². The molecule has 0 bridgehead atoms. The number of carbonyl (C=O) groups is 4. The van der Waals surface area contributed by atoms with Gasteiger partial charge in [-0.1, -0.05) is 48.5 Å². The van der Waals surface area contributed by atoms with Gasteiger partial charge in [0.1, 0.15) is 6.04 Å². The Morgan fingerprint density at radius 2 is 1.50 bits per heavy atom. The summed E-state index contributed by atoms with van der Waals surface area (Å²) in [7, 11) is 1.12. The van der Waals surface area contributed by atoms with Crippen LogP contribution in [0.3, 0.4) is 0 Å². The van der Waals surface area contributed by atoms with Crippen molar-refractivity contribution in [2.24, 2.45) is 0 Å². The second-order valence-corrected chi connectivity index (χ2v) is 6.72. The van der Waals surface area contributed by atoms with Crippen LogP contribution in [0.25, 0.3) is 0 Å². The first-order chi connectivity index (χ1) is 15.4. The third-order valence-corrected chi connectivity index (χ3v) is 4.62. The normalized spacial score (nSPS) is 13.2. The van der Waals surface area contributed by atoms with Gasteiger partial charge in [-0.2, -0.15) is 0 Å². The molecule has 2 amide bonds. The summed E-state index contributed by atoms with van der Waals surface area (Å²) in [6.45, 7) is 0.923. The Bertz CT molecular complexity index is 918. The molecule has 2 rings (SSSR count). The van der Waals surface area contributed by atoms with Crippen LogP contribution in [0.4, 0.5) is 0 Å². The molecule has 0 radical (unpaired) electrons. The minimum atomic E-state index is -1.40. The largest absolute Gasteiger partial charge is 0.467 e. The average molecular weight is 442 g/mol. The predicted octanol–water partition coefficient (Wildman–Crippen LogP) is 0.782. The third-order valence-electron chi connectivity index (χ3n) is 4.62. The van der Waals surface area contributed by atoms with Gasteiger partial charge in [0, 0.05) is 5.56 Å². The maximum Gasteiger partial charge on any atom is 0.330 e. The van der Waals surface area contributed by atoms with E-state index >= 15 is 0 Å². The number of aliphatic hydroxyl groups is 1. The smallest absolute Gasteiger partial charge is 0.330 e. The minimum Gasteiger partial charge on any atom is -0.467 e. The Labute approximate surface area is 185 Å². The summed E-state index contributed by atoms with van der Waals surface area (Å²) >= 11 is 0. The molecular formula is C23H26N2O7. The van der Waals surface area contributed by atoms with Crippen molar-refractivity contribution in [2.45, 2.75) is 24.9 Å². The summed E-state index contributed by atoms with van der Waals surface area (Å²) < 4.78 is 9.70. The molecule has 2 aromatic rings. The minimum absolute atomic E-state index is 0.0289. The molecular weight excluding hydrogens is 416 g/mol. The second kappa shape index (κ2) is 12.2. The molecule has 0 fully saturated rings. The second-order valence-electron chi connectivity index (χ2n) is 6.72. The highest BCUT2D eigenvalue weighted by molar-refractivity contribution is 6.00. The monoisotopic (exact) mass is 442 g/mol. The molecule has 0 aliphatic carbocycles. The van der Waals surface area contributed by atoms with Crippen LogP contribution in [-0.4, -0.2) is 61.3 Å². The van der Waals surface area contributed by atoms with Gasteiger partial charge in [0.25, 0.3) is 5.91 Å². The molecule has 0 aliphatic heterocycles. The average Bonchev–Trinajstić information content (AvgIpc) is 2.82. The molecule has 9 heteroatoms. The fraction of sp³-hybridized carbons (Fsp3) is 0.304. The van der Waals surface area contributed by atoms with Crippen molar-refractivity contribution in [3.05, 3.63) is 71.8 Å². The van der Waals surface area contributed by atoms with Crippen LogP contribution >= 0.6 is 0 Å². The zero-order valence-electron chi connectivity index (χ0n) is 17.8. The number of ether oxygens (including phenoxy) is 2. The Kier molecular flexibility index (Phi) is 9.37. The van der Waals surface area contributed by atoms with Gasteiger partial charge in [-0.15, -0.1) is 0 Å². The number of esters is 2. The first kappa shape index (κ1) is 24.5. The van der Waals surface area contributed by atoms with Gasteiger partial charge in [-0.25, -0.2) is 9.59 Å². The Balaban J connectivity index is 2.44. The van der Waals surface area contributed by atoms with E-state index in [4.69, 9.17) is 4.74 Å². The standard InChI is InChI=1S/C23H26N2O7/c1-3-32-23(30)19(25-20(27)16-12-8-5-9-13-16)18(15-10-6-4-7-11-15)21(28)24-17(14-26)22(29)31-2/h4-13,17-19,26H,3,14H2,1-2H3,(H,24,28)(H,25,27)/t17-,18-,19-/m1/s1. The van der Waals surface area contributed by atoms with Crippen LogP contribution in [0.5, 0.6) is 0 Å². The van der Waals surface area contributed by atoms with E-state index in [0.717, 1.165) is 7.11 Å². The molecule has 0 saturated carbocycles. The maximum absolute atomic E-state index is 13.2. The van der Waals surface area contributed by atoms with Crippen LogP contribution in [-0.2, 0) is 23.9 Å². The molecule has 0 aromatic heterocycles. The van der Waals surface area contributed by atoms with Gasteiger partial charge < -0.3 is 25.2 Å². The molecule has 0 heterocycles. The van der Waals surface area contributed by atoms with Crippen molar-refractivity contribution in [3.8, 4) is 0 Å². The summed E-state index contributed by atoms with van der Waals surface area (Å²) in [5.74, 6) is -4.27. The van der Waals surface area contributed by atoms with Gasteiger partial charge in [0.05, 0.1) is 26.2 Å². The highest BCUT2D eigenvalue weighted by Crippen LogP contribution is 2.22. The molecule has 2 aromatic carbocycles. The summed E-state index contributed by atoms with van der Waals surface area (Å²) in [5, 5.41) is 14.4. The maximum atomic E-state index is 13.2. The first-order valence-electron chi connectivity index (χ1n) is 9.99. The quantitative estimate of drug-likeness (QED) is 0.464. The van der Waals surface area contributed by atoms with E-state index < -0.39 is 48.4 Å². The van der Waals surface area contributed by atoms with E-state index in [2.05, 4.69) is 15.4 Å². The molecule has 0 saturated heterocycles. The first-order valence-corrected chi connectivity index (χ1v) is 9.99. The molecule has 3 N–H and O–H groups in total. The lowest BCUT2D eigenvalue weighted by atomic mass is 9.89. The molecule has 3 atom stereocenters. The number of benzene rings is 2. The van der Waals surface area contributed by atoms with Crippen LogP contribution in [0.2, 0.25) is 0 Å². The zero-order chi connectivity index (χ0) is 23.5. The van der Waals surface area contributed by atoms with Crippen molar-refractivity contribution in [1.29, 1.82) is 0 Å². The number of hydrogen-bond acceptors (Lipinski definition) is 7. The van der Waals surface area contributed by atoms with E-state index in [-0.39, 0.29) is 12.2 Å². The van der Waals surface area contributed by atoms with Crippen molar-refractivity contribution >= 4 is 23.8 Å². The van der Waals surface area contributed by atoms with E-state index in [1.165, 1.54) is 0 Å². The van der Waals surface area contributed by atoms with Crippen molar-refractivity contribution in [3.63, 3.8) is 0 Å². The topological polar surface area (TPSA) is 131 Å². The Hall–Kier alpha value is -3.72. The number of nitrogens with one attached hydrogen (secondary N) is 2. The zero-order valence-corrected chi connectivity index (χ0v) is 17.8. The number of aliphatic hydroxyl groups excluding tert-OH is 1. The van der Waals surface area contributed by atoms with Crippen molar-refractivity contribution < 1.29 is 33.8 Å². The molecule has 170 valence electrons. The Morgan fingerprint density at radius 3 is 2.03 bits per heavy atom. The van der Waals surface area contributed by atoms with Gasteiger partial charge in [-0.05, 0) is 24.6 Å². The lowest BCUT2D eigenvalue weighted by Gasteiger charge is -2.27. The number of methoxy groups -OCH3 is 1. The van der Waals surface area contributed by atoms with Crippen LogP contribution in [0.15, 0.2) is 60.7 Å². The SMILES string of the molecule is CCOC(=O)[C@H](NC(=O)c1ccccc1)[C@H](C(=O)N[C@H](CO)C(=O)OC)c1ccccc1. The molecule has 32 heavy (non-hydrogen) atoms.